The van der Waals surface area contributed by atoms with Crippen LogP contribution >= 0.6 is 23.2 Å². The molecule has 0 aliphatic carbocycles. The summed E-state index contributed by atoms with van der Waals surface area (Å²) in [5.41, 5.74) is 3.49. The zero-order valence-corrected chi connectivity index (χ0v) is 19.0. The number of anilines is 1. The first kappa shape index (κ1) is 20.3. The van der Waals surface area contributed by atoms with Gasteiger partial charge in [-0.2, -0.15) is 0 Å². The highest BCUT2D eigenvalue weighted by atomic mass is 35.5. The molecule has 2 aliphatic heterocycles. The lowest BCUT2D eigenvalue weighted by Gasteiger charge is -2.19. The first-order chi connectivity index (χ1) is 16.0. The quantitative estimate of drug-likeness (QED) is 0.365. The molecule has 4 heterocycles. The van der Waals surface area contributed by atoms with E-state index in [2.05, 4.69) is 27.2 Å². The SMILES string of the molecule is CC1c2cc(Oc3ccnc4c3CCC(=O)N4)ccc2OC1c1nc2cc(Cl)c(Cl)cc2[nH]1. The smallest absolute Gasteiger partial charge is 0.225 e. The maximum Gasteiger partial charge on any atom is 0.225 e. The summed E-state index contributed by atoms with van der Waals surface area (Å²) in [6.07, 6.45) is 2.37. The summed E-state index contributed by atoms with van der Waals surface area (Å²) in [6.45, 7) is 2.09. The number of aromatic amines is 1. The number of amides is 1. The van der Waals surface area contributed by atoms with Gasteiger partial charge in [0.1, 0.15) is 28.9 Å². The van der Waals surface area contributed by atoms with Gasteiger partial charge in [-0.25, -0.2) is 9.97 Å². The minimum Gasteiger partial charge on any atom is -0.482 e. The Hall–Kier alpha value is -3.29. The van der Waals surface area contributed by atoms with Gasteiger partial charge in [-0.15, -0.1) is 0 Å². The number of carbonyl (C=O) groups is 1. The van der Waals surface area contributed by atoms with E-state index in [1.807, 2.05) is 24.3 Å². The average molecular weight is 481 g/mol. The van der Waals surface area contributed by atoms with Crippen LogP contribution in [0.15, 0.2) is 42.6 Å². The highest BCUT2D eigenvalue weighted by Gasteiger charge is 2.35. The molecule has 2 N–H and O–H groups in total. The lowest BCUT2D eigenvalue weighted by atomic mass is 9.97. The van der Waals surface area contributed by atoms with Crippen molar-refractivity contribution in [2.45, 2.75) is 31.8 Å². The van der Waals surface area contributed by atoms with Gasteiger partial charge < -0.3 is 19.8 Å². The molecule has 2 aliphatic rings. The van der Waals surface area contributed by atoms with Crippen molar-refractivity contribution in [2.75, 3.05) is 5.32 Å². The number of halogens is 2. The third kappa shape index (κ3) is 3.48. The summed E-state index contributed by atoms with van der Waals surface area (Å²) >= 11 is 12.3. The van der Waals surface area contributed by atoms with Crippen molar-refractivity contribution < 1.29 is 14.3 Å². The lowest BCUT2D eigenvalue weighted by molar-refractivity contribution is -0.116. The molecule has 0 spiro atoms. The van der Waals surface area contributed by atoms with Crippen LogP contribution in [0, 0.1) is 0 Å². The molecule has 0 saturated carbocycles. The van der Waals surface area contributed by atoms with E-state index in [0.717, 1.165) is 27.9 Å². The monoisotopic (exact) mass is 480 g/mol. The standard InChI is InChI=1S/C24H18Cl2N4O3/c1-11-14-8-12(32-20-6-7-27-23-13(20)3-5-21(31)30-23)2-4-19(14)33-22(11)24-28-17-9-15(25)16(26)10-18(17)29-24/h2,4,6-11,22H,3,5H2,1H3,(H,28,29)(H,27,30,31). The predicted octanol–water partition coefficient (Wildman–Crippen LogP) is 6.18. The Kier molecular flexibility index (Phi) is 4.71. The van der Waals surface area contributed by atoms with Gasteiger partial charge in [-0.1, -0.05) is 30.1 Å². The van der Waals surface area contributed by atoms with Gasteiger partial charge in [0, 0.05) is 29.7 Å². The fraction of sp³-hybridized carbons (Fsp3) is 0.208. The summed E-state index contributed by atoms with van der Waals surface area (Å²) in [5.74, 6) is 3.46. The van der Waals surface area contributed by atoms with Crippen LogP contribution < -0.4 is 14.8 Å². The molecule has 2 atom stereocenters. The fourth-order valence-corrected chi connectivity index (χ4v) is 4.71. The van der Waals surface area contributed by atoms with Crippen molar-refractivity contribution >= 4 is 46.0 Å². The first-order valence-electron chi connectivity index (χ1n) is 10.6. The summed E-state index contributed by atoms with van der Waals surface area (Å²) in [6, 6.07) is 11.1. The molecule has 33 heavy (non-hydrogen) atoms. The minimum atomic E-state index is -0.274. The normalized spacial score (nSPS) is 19.1. The van der Waals surface area contributed by atoms with Crippen LogP contribution in [0.2, 0.25) is 10.0 Å². The predicted molar refractivity (Wildman–Crippen MR) is 126 cm³/mol. The number of hydrogen-bond acceptors (Lipinski definition) is 5. The Morgan fingerprint density at radius 1 is 1.12 bits per heavy atom. The number of ether oxygens (including phenoxy) is 2. The molecule has 2 aromatic carbocycles. The molecule has 0 fully saturated rings. The van der Waals surface area contributed by atoms with Crippen molar-refractivity contribution in [3.05, 3.63) is 69.6 Å². The van der Waals surface area contributed by atoms with Gasteiger partial charge in [0.2, 0.25) is 5.91 Å². The highest BCUT2D eigenvalue weighted by molar-refractivity contribution is 6.42. The van der Waals surface area contributed by atoms with E-state index < -0.39 is 0 Å². The first-order valence-corrected chi connectivity index (χ1v) is 11.3. The maximum absolute atomic E-state index is 11.7. The van der Waals surface area contributed by atoms with Crippen LogP contribution in [0.5, 0.6) is 17.2 Å². The zero-order chi connectivity index (χ0) is 22.7. The second-order valence-corrected chi connectivity index (χ2v) is 9.03. The molecule has 166 valence electrons. The molecule has 2 unspecified atom stereocenters. The van der Waals surface area contributed by atoms with Crippen LogP contribution in [0.4, 0.5) is 5.82 Å². The number of carbonyl (C=O) groups excluding carboxylic acids is 1. The van der Waals surface area contributed by atoms with E-state index >= 15 is 0 Å². The van der Waals surface area contributed by atoms with Crippen molar-refractivity contribution in [3.8, 4) is 17.2 Å². The Morgan fingerprint density at radius 2 is 1.97 bits per heavy atom. The Bertz CT molecular complexity index is 1400. The zero-order valence-electron chi connectivity index (χ0n) is 17.5. The van der Waals surface area contributed by atoms with E-state index in [1.165, 1.54) is 0 Å². The number of nitrogens with zero attached hydrogens (tertiary/aromatic N) is 2. The number of benzene rings is 2. The van der Waals surface area contributed by atoms with Crippen LogP contribution in [-0.2, 0) is 11.2 Å². The Balaban J connectivity index is 1.29. The van der Waals surface area contributed by atoms with Gasteiger partial charge in [-0.05, 0) is 42.8 Å². The van der Waals surface area contributed by atoms with E-state index in [9.17, 15) is 4.79 Å². The number of nitrogens with one attached hydrogen (secondary N) is 2. The van der Waals surface area contributed by atoms with E-state index in [1.54, 1.807) is 18.3 Å². The number of rotatable bonds is 3. The Morgan fingerprint density at radius 3 is 2.85 bits per heavy atom. The molecule has 2 aromatic heterocycles. The molecule has 7 nitrogen and oxygen atoms in total. The van der Waals surface area contributed by atoms with Crippen molar-refractivity contribution in [1.82, 2.24) is 15.0 Å². The molecular formula is C24H18Cl2N4O3. The summed E-state index contributed by atoms with van der Waals surface area (Å²) < 4.78 is 12.4. The van der Waals surface area contributed by atoms with Crippen LogP contribution in [0.1, 0.15) is 42.3 Å². The van der Waals surface area contributed by atoms with E-state index in [-0.39, 0.29) is 17.9 Å². The summed E-state index contributed by atoms with van der Waals surface area (Å²) in [5, 5.41) is 3.74. The van der Waals surface area contributed by atoms with Crippen LogP contribution in [0.3, 0.4) is 0 Å². The van der Waals surface area contributed by atoms with Gasteiger partial charge in [0.05, 0.1) is 21.1 Å². The number of fused-ring (bicyclic) bond motifs is 3. The fourth-order valence-electron chi connectivity index (χ4n) is 4.39. The highest BCUT2D eigenvalue weighted by Crippen LogP contribution is 2.47. The van der Waals surface area contributed by atoms with Crippen molar-refractivity contribution in [3.63, 3.8) is 0 Å². The number of imidazole rings is 1. The second kappa shape index (κ2) is 7.64. The third-order valence-corrected chi connectivity index (χ3v) is 6.81. The van der Waals surface area contributed by atoms with E-state index in [4.69, 9.17) is 32.7 Å². The topological polar surface area (TPSA) is 89.1 Å². The minimum absolute atomic E-state index is 0.0307. The van der Waals surface area contributed by atoms with Gasteiger partial charge in [0.15, 0.2) is 6.10 Å². The van der Waals surface area contributed by atoms with Crippen molar-refractivity contribution in [2.24, 2.45) is 0 Å². The number of aromatic nitrogens is 3. The molecular weight excluding hydrogens is 463 g/mol. The number of pyridine rings is 1. The Labute approximate surface area is 199 Å². The van der Waals surface area contributed by atoms with Gasteiger partial charge in [0.25, 0.3) is 0 Å². The van der Waals surface area contributed by atoms with Gasteiger partial charge in [-0.3, -0.25) is 4.79 Å². The van der Waals surface area contributed by atoms with E-state index in [0.29, 0.717) is 46.0 Å². The van der Waals surface area contributed by atoms with Crippen molar-refractivity contribution in [1.29, 1.82) is 0 Å². The molecule has 0 bridgehead atoms. The molecule has 0 saturated heterocycles. The summed E-state index contributed by atoms with van der Waals surface area (Å²) in [7, 11) is 0. The average Bonchev–Trinajstić information content (AvgIpc) is 3.34. The maximum atomic E-state index is 11.7. The summed E-state index contributed by atoms with van der Waals surface area (Å²) in [4.78, 5) is 23.9. The second-order valence-electron chi connectivity index (χ2n) is 8.22. The molecule has 9 heteroatoms. The molecule has 4 aromatic rings. The number of H-pyrrole nitrogens is 1. The van der Waals surface area contributed by atoms with Crippen LogP contribution in [-0.4, -0.2) is 20.9 Å². The number of hydrogen-bond donors (Lipinski definition) is 2. The molecule has 0 radical (unpaired) electrons. The largest absolute Gasteiger partial charge is 0.482 e. The lowest BCUT2D eigenvalue weighted by Crippen LogP contribution is -2.20. The molecule has 1 amide bonds. The van der Waals surface area contributed by atoms with Gasteiger partial charge >= 0.3 is 0 Å². The molecule has 6 rings (SSSR count). The third-order valence-electron chi connectivity index (χ3n) is 6.09. The van der Waals surface area contributed by atoms with Crippen LogP contribution in [0.25, 0.3) is 11.0 Å².